The highest BCUT2D eigenvalue weighted by Gasteiger charge is 2.23. The third-order valence-corrected chi connectivity index (χ3v) is 4.57. The van der Waals surface area contributed by atoms with Gasteiger partial charge in [0.15, 0.2) is 0 Å². The summed E-state index contributed by atoms with van der Waals surface area (Å²) >= 11 is 0. The summed E-state index contributed by atoms with van der Waals surface area (Å²) in [7, 11) is 2.12. The number of ether oxygens (including phenoxy) is 1. The Bertz CT molecular complexity index is 599. The van der Waals surface area contributed by atoms with Crippen LogP contribution < -0.4 is 15.5 Å². The Kier molecular flexibility index (Phi) is 5.20. The average Bonchev–Trinajstić information content (AvgIpc) is 3.01. The quantitative estimate of drug-likeness (QED) is 0.886. The second-order valence-corrected chi connectivity index (χ2v) is 6.40. The summed E-state index contributed by atoms with van der Waals surface area (Å²) < 4.78 is 4.94. The Labute approximate surface area is 141 Å². The number of hydrogen-bond donors (Lipinski definition) is 2. The molecule has 0 aromatic heterocycles. The van der Waals surface area contributed by atoms with Crippen molar-refractivity contribution in [3.8, 4) is 0 Å². The van der Waals surface area contributed by atoms with E-state index in [1.165, 1.54) is 0 Å². The van der Waals surface area contributed by atoms with E-state index in [1.54, 1.807) is 17.0 Å². The van der Waals surface area contributed by atoms with Gasteiger partial charge in [-0.2, -0.15) is 0 Å². The molecule has 0 aliphatic carbocycles. The molecule has 2 fully saturated rings. The number of hydrogen-bond acceptors (Lipinski definition) is 4. The van der Waals surface area contributed by atoms with Crippen molar-refractivity contribution >= 4 is 23.5 Å². The summed E-state index contributed by atoms with van der Waals surface area (Å²) in [5.74, 6) is 0.539. The van der Waals surface area contributed by atoms with Crippen LogP contribution in [0.2, 0.25) is 0 Å². The lowest BCUT2D eigenvalue weighted by Gasteiger charge is -2.28. The molecule has 0 bridgehead atoms. The monoisotopic (exact) mass is 332 g/mol. The molecular weight excluding hydrogens is 308 g/mol. The van der Waals surface area contributed by atoms with Gasteiger partial charge < -0.3 is 20.3 Å². The minimum Gasteiger partial charge on any atom is -0.447 e. The minimum absolute atomic E-state index is 0.213. The van der Waals surface area contributed by atoms with E-state index < -0.39 is 0 Å². The normalized spacial score (nSPS) is 19.2. The van der Waals surface area contributed by atoms with Crippen molar-refractivity contribution in [2.45, 2.75) is 12.8 Å². The van der Waals surface area contributed by atoms with Gasteiger partial charge in [0, 0.05) is 17.9 Å². The molecule has 0 radical (unpaired) electrons. The third kappa shape index (κ3) is 4.17. The Morgan fingerprint density at radius 1 is 1.29 bits per heavy atom. The average molecular weight is 332 g/mol. The van der Waals surface area contributed by atoms with Gasteiger partial charge >= 0.3 is 12.1 Å². The van der Waals surface area contributed by atoms with Crippen LogP contribution in [-0.4, -0.2) is 56.9 Å². The lowest BCUT2D eigenvalue weighted by molar-refractivity contribution is 0.181. The fraction of sp³-hybridized carbons (Fsp3) is 0.529. The number of cyclic esters (lactones) is 1. The Morgan fingerprint density at radius 2 is 2.08 bits per heavy atom. The van der Waals surface area contributed by atoms with Crippen LogP contribution in [0.5, 0.6) is 0 Å². The Balaban J connectivity index is 1.50. The van der Waals surface area contributed by atoms with Crippen molar-refractivity contribution in [3.63, 3.8) is 0 Å². The molecule has 3 rings (SSSR count). The van der Waals surface area contributed by atoms with Crippen LogP contribution in [0.4, 0.5) is 21.0 Å². The fourth-order valence-corrected chi connectivity index (χ4v) is 3.06. The number of nitrogens with one attached hydrogen (secondary N) is 2. The minimum atomic E-state index is -0.348. The molecule has 0 saturated carbocycles. The summed E-state index contributed by atoms with van der Waals surface area (Å²) in [5, 5.41) is 5.77. The molecule has 24 heavy (non-hydrogen) atoms. The van der Waals surface area contributed by atoms with Crippen molar-refractivity contribution in [2.75, 3.05) is 50.1 Å². The van der Waals surface area contributed by atoms with Gasteiger partial charge in [0.2, 0.25) is 0 Å². The largest absolute Gasteiger partial charge is 0.447 e. The van der Waals surface area contributed by atoms with Crippen LogP contribution in [0, 0.1) is 5.92 Å². The van der Waals surface area contributed by atoms with Crippen molar-refractivity contribution < 1.29 is 14.3 Å². The molecule has 2 N–H and O–H groups in total. The first-order valence-corrected chi connectivity index (χ1v) is 8.39. The van der Waals surface area contributed by atoms with Crippen LogP contribution in [0.25, 0.3) is 0 Å². The number of rotatable bonds is 4. The highest BCUT2D eigenvalue weighted by atomic mass is 16.6. The fourth-order valence-electron chi connectivity index (χ4n) is 3.06. The van der Waals surface area contributed by atoms with Gasteiger partial charge in [0.1, 0.15) is 6.61 Å². The highest BCUT2D eigenvalue weighted by molar-refractivity contribution is 5.93. The van der Waals surface area contributed by atoms with E-state index >= 15 is 0 Å². The predicted molar refractivity (Wildman–Crippen MR) is 92.4 cm³/mol. The molecule has 2 aliphatic rings. The lowest BCUT2D eigenvalue weighted by Crippen LogP contribution is -2.38. The summed E-state index contributed by atoms with van der Waals surface area (Å²) in [6, 6.07) is 7.01. The van der Waals surface area contributed by atoms with Gasteiger partial charge in [0.25, 0.3) is 0 Å². The third-order valence-electron chi connectivity index (χ3n) is 4.57. The molecule has 2 aliphatic heterocycles. The van der Waals surface area contributed by atoms with Crippen molar-refractivity contribution in [1.82, 2.24) is 10.2 Å². The first-order valence-electron chi connectivity index (χ1n) is 8.39. The van der Waals surface area contributed by atoms with Crippen molar-refractivity contribution in [1.29, 1.82) is 0 Å². The number of urea groups is 1. The molecule has 1 aromatic rings. The number of benzene rings is 1. The number of amides is 3. The van der Waals surface area contributed by atoms with Gasteiger partial charge in [-0.1, -0.05) is 6.07 Å². The maximum atomic E-state index is 12.1. The van der Waals surface area contributed by atoms with Crippen LogP contribution >= 0.6 is 0 Å². The molecule has 1 aromatic carbocycles. The van der Waals surface area contributed by atoms with E-state index in [2.05, 4.69) is 22.6 Å². The predicted octanol–water partition coefficient (Wildman–Crippen LogP) is 2.11. The Morgan fingerprint density at radius 3 is 2.79 bits per heavy atom. The Hall–Kier alpha value is -2.28. The molecule has 0 spiro atoms. The molecule has 0 unspecified atom stereocenters. The van der Waals surface area contributed by atoms with Crippen LogP contribution in [0.1, 0.15) is 12.8 Å². The molecule has 7 heteroatoms. The second kappa shape index (κ2) is 7.53. The van der Waals surface area contributed by atoms with E-state index in [0.717, 1.165) is 31.6 Å². The maximum absolute atomic E-state index is 12.1. The standard InChI is InChI=1S/C17H24N4O3/c1-20-7-5-13(6-8-20)12-18-16(22)19-14-3-2-4-15(11-14)21-9-10-24-17(21)23/h2-4,11,13H,5-10,12H2,1H3,(H2,18,19,22). The van der Waals surface area contributed by atoms with Crippen LogP contribution in [-0.2, 0) is 4.74 Å². The number of nitrogens with zero attached hydrogens (tertiary/aromatic N) is 2. The molecule has 3 amide bonds. The van der Waals surface area contributed by atoms with Crippen molar-refractivity contribution in [3.05, 3.63) is 24.3 Å². The van der Waals surface area contributed by atoms with Crippen LogP contribution in [0.3, 0.4) is 0 Å². The zero-order valence-electron chi connectivity index (χ0n) is 14.0. The number of likely N-dealkylation sites (tertiary alicyclic amines) is 1. The zero-order chi connectivity index (χ0) is 16.9. The highest BCUT2D eigenvalue weighted by Crippen LogP contribution is 2.22. The summed E-state index contributed by atoms with van der Waals surface area (Å²) in [5.41, 5.74) is 1.39. The van der Waals surface area contributed by atoms with Gasteiger partial charge in [-0.05, 0) is 57.1 Å². The van der Waals surface area contributed by atoms with Gasteiger partial charge in [0.05, 0.1) is 6.54 Å². The number of carbonyl (C=O) groups is 2. The molecule has 2 saturated heterocycles. The van der Waals surface area contributed by atoms with Crippen LogP contribution in [0.15, 0.2) is 24.3 Å². The SMILES string of the molecule is CN1CCC(CNC(=O)Nc2cccc(N3CCOC3=O)c2)CC1. The summed E-state index contributed by atoms with van der Waals surface area (Å²) in [6.07, 6.45) is 1.88. The van der Waals surface area contributed by atoms with Gasteiger partial charge in [-0.25, -0.2) is 9.59 Å². The molecule has 7 nitrogen and oxygen atoms in total. The lowest BCUT2D eigenvalue weighted by atomic mass is 9.97. The topological polar surface area (TPSA) is 73.9 Å². The number of anilines is 2. The first kappa shape index (κ1) is 16.6. The number of carbonyl (C=O) groups excluding carboxylic acids is 2. The van der Waals surface area contributed by atoms with E-state index in [4.69, 9.17) is 4.74 Å². The summed E-state index contributed by atoms with van der Waals surface area (Å²) in [6.45, 7) is 3.79. The van der Waals surface area contributed by atoms with E-state index in [0.29, 0.717) is 31.3 Å². The van der Waals surface area contributed by atoms with Gasteiger partial charge in [-0.15, -0.1) is 0 Å². The molecule has 2 heterocycles. The second-order valence-electron chi connectivity index (χ2n) is 6.40. The first-order chi connectivity index (χ1) is 11.6. The number of piperidine rings is 1. The molecule has 130 valence electrons. The van der Waals surface area contributed by atoms with E-state index in [-0.39, 0.29) is 12.1 Å². The summed E-state index contributed by atoms with van der Waals surface area (Å²) in [4.78, 5) is 27.6. The van der Waals surface area contributed by atoms with Crippen molar-refractivity contribution in [2.24, 2.45) is 5.92 Å². The smallest absolute Gasteiger partial charge is 0.414 e. The zero-order valence-corrected chi connectivity index (χ0v) is 14.0. The maximum Gasteiger partial charge on any atom is 0.414 e. The van der Waals surface area contributed by atoms with E-state index in [9.17, 15) is 9.59 Å². The molecule has 0 atom stereocenters. The molecular formula is C17H24N4O3. The van der Waals surface area contributed by atoms with Gasteiger partial charge in [-0.3, -0.25) is 4.90 Å². The van der Waals surface area contributed by atoms with E-state index in [1.807, 2.05) is 12.1 Å².